The first kappa shape index (κ1) is 29.4. The van der Waals surface area contributed by atoms with Crippen LogP contribution in [0.4, 0.5) is 10.8 Å². The maximum Gasteiger partial charge on any atom is 0.352 e. The standard InChI is InChI=1S/C25H27N9O5S3/c1-2-39-32-17(14-11-41-24(28)29-14)20(35)31-18-21(36)34-19(23(37)38)12(9-40-22(18)34)10-42-25-30-15(26)8-16(27)33(25)13-6-4-3-5-7-13/h3-8,11,16,18,22H,2,9-10,26-27H2,1H3,(H2,28,29)(H,31,35)(H,37,38)/b32-17-/t16?,18?,22-/m0/s1. The number of oxime groups is 1. The highest BCUT2D eigenvalue weighted by atomic mass is 32.2. The van der Waals surface area contributed by atoms with Gasteiger partial charge in [0.1, 0.15) is 41.4 Å². The maximum atomic E-state index is 13.2. The Morgan fingerprint density at radius 2 is 2.02 bits per heavy atom. The number of carboxylic acid groups (broad SMARTS) is 1. The van der Waals surface area contributed by atoms with E-state index in [0.29, 0.717) is 16.5 Å². The number of nitrogens with two attached hydrogens (primary N) is 3. The molecule has 1 aromatic carbocycles. The summed E-state index contributed by atoms with van der Waals surface area (Å²) in [6, 6.07) is 8.43. The van der Waals surface area contributed by atoms with Crippen molar-refractivity contribution in [3.63, 3.8) is 0 Å². The van der Waals surface area contributed by atoms with Gasteiger partial charge in [-0.25, -0.2) is 14.8 Å². The molecule has 3 atom stereocenters. The summed E-state index contributed by atoms with van der Waals surface area (Å²) < 4.78 is 0. The number of aliphatic imine (C=N–C) groups is 1. The molecule has 3 aliphatic rings. The Morgan fingerprint density at radius 1 is 1.26 bits per heavy atom. The fourth-order valence-corrected chi connectivity index (χ4v) is 7.54. The normalized spacial score (nSPS) is 22.2. The summed E-state index contributed by atoms with van der Waals surface area (Å²) in [7, 11) is 0. The second-order valence-corrected chi connectivity index (χ2v) is 12.0. The van der Waals surface area contributed by atoms with E-state index in [9.17, 15) is 19.5 Å². The number of nitrogens with zero attached hydrogens (tertiary/aromatic N) is 5. The van der Waals surface area contributed by atoms with Crippen LogP contribution in [0.1, 0.15) is 12.6 Å². The number of benzene rings is 1. The maximum absolute atomic E-state index is 13.2. The molecule has 2 aromatic rings. The van der Waals surface area contributed by atoms with Crippen molar-refractivity contribution in [2.45, 2.75) is 24.5 Å². The van der Waals surface area contributed by atoms with E-state index in [1.54, 1.807) is 23.3 Å². The fourth-order valence-electron chi connectivity index (χ4n) is 4.44. The van der Waals surface area contributed by atoms with E-state index >= 15 is 0 Å². The van der Waals surface area contributed by atoms with E-state index in [0.717, 1.165) is 17.0 Å². The summed E-state index contributed by atoms with van der Waals surface area (Å²) in [5.74, 6) is -1.69. The summed E-state index contributed by atoms with van der Waals surface area (Å²) in [6.45, 7) is 1.92. The number of nitrogen functional groups attached to an aromatic ring is 1. The summed E-state index contributed by atoms with van der Waals surface area (Å²) in [6.07, 6.45) is 1.06. The van der Waals surface area contributed by atoms with Crippen LogP contribution in [-0.4, -0.2) is 79.3 Å². The van der Waals surface area contributed by atoms with Crippen LogP contribution >= 0.6 is 34.9 Å². The van der Waals surface area contributed by atoms with Gasteiger partial charge in [-0.15, -0.1) is 23.1 Å². The smallest absolute Gasteiger partial charge is 0.352 e. The van der Waals surface area contributed by atoms with Gasteiger partial charge in [-0.05, 0) is 30.7 Å². The molecule has 0 spiro atoms. The first-order valence-electron chi connectivity index (χ1n) is 12.6. The zero-order valence-corrected chi connectivity index (χ0v) is 24.6. The lowest BCUT2D eigenvalue weighted by molar-refractivity contribution is -0.150. The van der Waals surface area contributed by atoms with Crippen LogP contribution in [0.25, 0.3) is 0 Å². The Kier molecular flexibility index (Phi) is 8.72. The van der Waals surface area contributed by atoms with E-state index in [1.165, 1.54) is 28.4 Å². The number of aliphatic carboxylic acids is 1. The number of anilines is 2. The Balaban J connectivity index is 1.32. The third kappa shape index (κ3) is 5.80. The van der Waals surface area contributed by atoms with Crippen LogP contribution in [0.2, 0.25) is 0 Å². The summed E-state index contributed by atoms with van der Waals surface area (Å²) in [4.78, 5) is 55.3. The average molecular weight is 630 g/mol. The largest absolute Gasteiger partial charge is 0.477 e. The fraction of sp³-hybridized carbons (Fsp3) is 0.280. The van der Waals surface area contributed by atoms with Gasteiger partial charge in [-0.2, -0.15) is 0 Å². The second-order valence-electron chi connectivity index (χ2n) is 9.02. The number of nitrogens with one attached hydrogen (secondary N) is 1. The molecule has 2 amide bonds. The molecule has 14 nitrogen and oxygen atoms in total. The molecule has 0 aliphatic carbocycles. The predicted molar refractivity (Wildman–Crippen MR) is 163 cm³/mol. The van der Waals surface area contributed by atoms with Crippen molar-refractivity contribution in [2.75, 3.05) is 28.7 Å². The van der Waals surface area contributed by atoms with Crippen LogP contribution in [0.5, 0.6) is 0 Å². The van der Waals surface area contributed by atoms with Crippen LogP contribution < -0.4 is 27.4 Å². The quantitative estimate of drug-likeness (QED) is 0.149. The number of para-hydroxylation sites is 1. The number of β-lactam (4-membered cyclic amide) rings is 1. The lowest BCUT2D eigenvalue weighted by Crippen LogP contribution is -2.71. The third-order valence-corrected chi connectivity index (χ3v) is 9.33. The number of amides is 2. The molecular weight excluding hydrogens is 603 g/mol. The highest BCUT2D eigenvalue weighted by Gasteiger charge is 2.54. The van der Waals surface area contributed by atoms with E-state index < -0.39 is 35.4 Å². The van der Waals surface area contributed by atoms with Crippen LogP contribution in [0.15, 0.2) is 69.0 Å². The Hall–Kier alpha value is -4.06. The molecule has 17 heteroatoms. The number of thioether (sulfide) groups is 2. The minimum Gasteiger partial charge on any atom is -0.477 e. The monoisotopic (exact) mass is 629 g/mol. The second kappa shape index (κ2) is 12.4. The van der Waals surface area contributed by atoms with E-state index in [2.05, 4.69) is 20.4 Å². The lowest BCUT2D eigenvalue weighted by atomic mass is 10.0. The molecule has 3 aliphatic heterocycles. The number of amidine groups is 1. The first-order valence-corrected chi connectivity index (χ1v) is 15.5. The van der Waals surface area contributed by atoms with Crippen molar-refractivity contribution in [3.8, 4) is 0 Å². The number of rotatable bonds is 9. The van der Waals surface area contributed by atoms with Gasteiger partial charge in [-0.1, -0.05) is 35.1 Å². The van der Waals surface area contributed by atoms with Gasteiger partial charge in [-0.3, -0.25) is 14.5 Å². The zero-order chi connectivity index (χ0) is 30.0. The molecule has 0 radical (unpaired) electrons. The topological polar surface area (TPSA) is 215 Å². The number of fused-ring (bicyclic) bond motifs is 1. The van der Waals surface area contributed by atoms with Crippen molar-refractivity contribution in [3.05, 3.63) is 64.6 Å². The van der Waals surface area contributed by atoms with Crippen LogP contribution in [0.3, 0.4) is 0 Å². The molecule has 220 valence electrons. The molecule has 0 bridgehead atoms. The summed E-state index contributed by atoms with van der Waals surface area (Å²) >= 11 is 3.75. The van der Waals surface area contributed by atoms with Gasteiger partial charge in [0.25, 0.3) is 11.8 Å². The van der Waals surface area contributed by atoms with Crippen molar-refractivity contribution in [1.82, 2.24) is 15.2 Å². The first-order chi connectivity index (χ1) is 20.2. The molecular formula is C25H27N9O5S3. The number of carboxylic acids is 1. The molecule has 2 unspecified atom stereocenters. The minimum atomic E-state index is -1.24. The molecule has 0 saturated carbocycles. The molecule has 1 saturated heterocycles. The van der Waals surface area contributed by atoms with Gasteiger partial charge in [0.05, 0.1) is 0 Å². The number of carbonyl (C=O) groups is 3. The van der Waals surface area contributed by atoms with Gasteiger partial charge < -0.3 is 37.4 Å². The van der Waals surface area contributed by atoms with Crippen molar-refractivity contribution in [2.24, 2.45) is 21.6 Å². The van der Waals surface area contributed by atoms with E-state index in [-0.39, 0.29) is 40.4 Å². The van der Waals surface area contributed by atoms with Gasteiger partial charge in [0.15, 0.2) is 16.0 Å². The Labute approximate surface area is 252 Å². The molecule has 1 aromatic heterocycles. The predicted octanol–water partition coefficient (Wildman–Crippen LogP) is 0.899. The van der Waals surface area contributed by atoms with E-state index in [4.69, 9.17) is 22.0 Å². The number of carbonyl (C=O) groups excluding carboxylic acids is 2. The average Bonchev–Trinajstić information content (AvgIpc) is 3.40. The summed E-state index contributed by atoms with van der Waals surface area (Å²) in [5, 5.41) is 18.3. The number of hydrogen-bond donors (Lipinski definition) is 5. The number of thiazole rings is 1. The molecule has 5 rings (SSSR count). The van der Waals surface area contributed by atoms with Gasteiger partial charge in [0.2, 0.25) is 0 Å². The number of hydrogen-bond acceptors (Lipinski definition) is 14. The minimum absolute atomic E-state index is 0.118. The molecule has 42 heavy (non-hydrogen) atoms. The van der Waals surface area contributed by atoms with E-state index in [1.807, 2.05) is 30.3 Å². The molecule has 1 fully saturated rings. The van der Waals surface area contributed by atoms with Gasteiger partial charge in [0, 0.05) is 22.6 Å². The number of aromatic nitrogens is 1. The zero-order valence-electron chi connectivity index (χ0n) is 22.2. The van der Waals surface area contributed by atoms with Crippen molar-refractivity contribution < 1.29 is 24.3 Å². The Morgan fingerprint density at radius 3 is 2.69 bits per heavy atom. The van der Waals surface area contributed by atoms with Crippen molar-refractivity contribution in [1.29, 1.82) is 0 Å². The van der Waals surface area contributed by atoms with Gasteiger partial charge >= 0.3 is 5.97 Å². The SMILES string of the molecule is CCO/N=C(\C(=O)NC1C(=O)N2C(C(=O)O)=C(CSC3=NC(N)=CC(N)N3c3ccccc3)CS[C@@H]12)c1csc(N)n1. The third-order valence-electron chi connectivity index (χ3n) is 6.28. The molecule has 8 N–H and O–H groups in total. The van der Waals surface area contributed by atoms with Crippen molar-refractivity contribution >= 4 is 74.3 Å². The van der Waals surface area contributed by atoms with Crippen LogP contribution in [0, 0.1) is 0 Å². The van der Waals surface area contributed by atoms with Crippen LogP contribution in [-0.2, 0) is 19.2 Å². The Bertz CT molecular complexity index is 1520. The highest BCUT2D eigenvalue weighted by molar-refractivity contribution is 8.14. The molecule has 4 heterocycles. The lowest BCUT2D eigenvalue weighted by Gasteiger charge is -2.49. The highest BCUT2D eigenvalue weighted by Crippen LogP contribution is 2.41. The summed E-state index contributed by atoms with van der Waals surface area (Å²) in [5.41, 5.74) is 19.3.